The molecule has 0 unspecified atom stereocenters. The van der Waals surface area contributed by atoms with Crippen LogP contribution in [0.5, 0.6) is 0 Å². The molecule has 1 aliphatic rings. The standard InChI is InChI=1S/C12H16O2/c1-13-11-7-12(8-11)14-9-10-5-3-2-4-6-10/h2-6,11-12H,7-9H2,1H3/t11-,12-. The zero-order chi connectivity index (χ0) is 9.80. The lowest BCUT2D eigenvalue weighted by molar-refractivity contribution is -0.0928. The van der Waals surface area contributed by atoms with E-state index in [1.54, 1.807) is 7.11 Å². The lowest BCUT2D eigenvalue weighted by Gasteiger charge is -2.33. The molecule has 1 saturated carbocycles. The monoisotopic (exact) mass is 192 g/mol. The number of hydrogen-bond donors (Lipinski definition) is 0. The Morgan fingerprint density at radius 1 is 1.14 bits per heavy atom. The van der Waals surface area contributed by atoms with Gasteiger partial charge in [-0.1, -0.05) is 30.3 Å². The molecular weight excluding hydrogens is 176 g/mol. The van der Waals surface area contributed by atoms with Crippen molar-refractivity contribution in [2.24, 2.45) is 0 Å². The van der Waals surface area contributed by atoms with Crippen molar-refractivity contribution in [2.45, 2.75) is 31.7 Å². The number of hydrogen-bond acceptors (Lipinski definition) is 2. The minimum atomic E-state index is 0.403. The van der Waals surface area contributed by atoms with Gasteiger partial charge in [0.2, 0.25) is 0 Å². The van der Waals surface area contributed by atoms with E-state index in [1.807, 2.05) is 18.2 Å². The first kappa shape index (κ1) is 9.69. The number of ether oxygens (including phenoxy) is 2. The van der Waals surface area contributed by atoms with E-state index in [2.05, 4.69) is 12.1 Å². The van der Waals surface area contributed by atoms with Gasteiger partial charge in [-0.25, -0.2) is 0 Å². The SMILES string of the molecule is CO[C@H]1C[C@H](OCc2ccccc2)C1. The van der Waals surface area contributed by atoms with Gasteiger partial charge in [0.05, 0.1) is 18.8 Å². The van der Waals surface area contributed by atoms with E-state index in [9.17, 15) is 0 Å². The summed E-state index contributed by atoms with van der Waals surface area (Å²) >= 11 is 0. The second-order valence-corrected chi connectivity index (χ2v) is 3.75. The average Bonchev–Trinajstić information content (AvgIpc) is 2.17. The van der Waals surface area contributed by atoms with Gasteiger partial charge in [-0.3, -0.25) is 0 Å². The van der Waals surface area contributed by atoms with Crippen molar-refractivity contribution in [3.63, 3.8) is 0 Å². The molecule has 0 spiro atoms. The van der Waals surface area contributed by atoms with Crippen molar-refractivity contribution in [1.29, 1.82) is 0 Å². The Labute approximate surface area is 84.8 Å². The summed E-state index contributed by atoms with van der Waals surface area (Å²) in [6.07, 6.45) is 2.92. The summed E-state index contributed by atoms with van der Waals surface area (Å²) in [6.45, 7) is 0.724. The first-order valence-electron chi connectivity index (χ1n) is 5.07. The highest BCUT2D eigenvalue weighted by molar-refractivity contribution is 5.13. The van der Waals surface area contributed by atoms with E-state index in [1.165, 1.54) is 5.56 Å². The number of benzene rings is 1. The zero-order valence-electron chi connectivity index (χ0n) is 8.48. The molecule has 0 bridgehead atoms. The molecular formula is C12H16O2. The molecule has 2 nitrogen and oxygen atoms in total. The van der Waals surface area contributed by atoms with E-state index >= 15 is 0 Å². The van der Waals surface area contributed by atoms with Gasteiger partial charge >= 0.3 is 0 Å². The Bertz CT molecular complexity index is 265. The van der Waals surface area contributed by atoms with Crippen molar-refractivity contribution >= 4 is 0 Å². The van der Waals surface area contributed by atoms with Crippen LogP contribution in [0.2, 0.25) is 0 Å². The first-order valence-corrected chi connectivity index (χ1v) is 5.07. The van der Waals surface area contributed by atoms with Crippen molar-refractivity contribution < 1.29 is 9.47 Å². The normalized spacial score (nSPS) is 25.8. The lowest BCUT2D eigenvalue weighted by atomic mass is 9.92. The first-order chi connectivity index (χ1) is 6.88. The maximum Gasteiger partial charge on any atom is 0.0720 e. The van der Waals surface area contributed by atoms with Crippen LogP contribution in [0.3, 0.4) is 0 Å². The van der Waals surface area contributed by atoms with E-state index in [0.29, 0.717) is 12.2 Å². The minimum Gasteiger partial charge on any atom is -0.381 e. The third kappa shape index (κ3) is 2.34. The van der Waals surface area contributed by atoms with Crippen LogP contribution in [0.15, 0.2) is 30.3 Å². The van der Waals surface area contributed by atoms with Gasteiger partial charge in [0, 0.05) is 7.11 Å². The van der Waals surface area contributed by atoms with Crippen LogP contribution in [0.25, 0.3) is 0 Å². The molecule has 0 aliphatic heterocycles. The quantitative estimate of drug-likeness (QED) is 0.729. The van der Waals surface area contributed by atoms with Gasteiger partial charge in [0.15, 0.2) is 0 Å². The Kier molecular flexibility index (Phi) is 3.17. The fourth-order valence-corrected chi connectivity index (χ4v) is 1.63. The van der Waals surface area contributed by atoms with Crippen LogP contribution < -0.4 is 0 Å². The van der Waals surface area contributed by atoms with Crippen molar-refractivity contribution in [2.75, 3.05) is 7.11 Å². The van der Waals surface area contributed by atoms with Crippen LogP contribution in [0.4, 0.5) is 0 Å². The summed E-state index contributed by atoms with van der Waals surface area (Å²) in [5.41, 5.74) is 1.24. The fraction of sp³-hybridized carbons (Fsp3) is 0.500. The van der Waals surface area contributed by atoms with Crippen molar-refractivity contribution in [3.05, 3.63) is 35.9 Å². The number of rotatable bonds is 4. The molecule has 76 valence electrons. The van der Waals surface area contributed by atoms with Gasteiger partial charge in [-0.05, 0) is 18.4 Å². The van der Waals surface area contributed by atoms with Crippen LogP contribution in [-0.4, -0.2) is 19.3 Å². The number of methoxy groups -OCH3 is 1. The summed E-state index contributed by atoms with van der Waals surface area (Å²) < 4.78 is 10.9. The second kappa shape index (κ2) is 4.58. The molecule has 0 N–H and O–H groups in total. The lowest BCUT2D eigenvalue weighted by Crippen LogP contribution is -2.36. The van der Waals surface area contributed by atoms with Crippen molar-refractivity contribution in [3.8, 4) is 0 Å². The van der Waals surface area contributed by atoms with Gasteiger partial charge in [-0.15, -0.1) is 0 Å². The van der Waals surface area contributed by atoms with Gasteiger partial charge in [-0.2, -0.15) is 0 Å². The molecule has 0 amide bonds. The highest BCUT2D eigenvalue weighted by Crippen LogP contribution is 2.26. The topological polar surface area (TPSA) is 18.5 Å². The van der Waals surface area contributed by atoms with Gasteiger partial charge in [0.1, 0.15) is 0 Å². The molecule has 1 aromatic carbocycles. The highest BCUT2D eigenvalue weighted by Gasteiger charge is 2.29. The third-order valence-electron chi connectivity index (χ3n) is 2.71. The predicted molar refractivity (Wildman–Crippen MR) is 55.1 cm³/mol. The molecule has 0 radical (unpaired) electrons. The largest absolute Gasteiger partial charge is 0.381 e. The third-order valence-corrected chi connectivity index (χ3v) is 2.71. The molecule has 1 aliphatic carbocycles. The van der Waals surface area contributed by atoms with Crippen molar-refractivity contribution in [1.82, 2.24) is 0 Å². The summed E-state index contributed by atoms with van der Waals surface area (Å²) in [4.78, 5) is 0. The predicted octanol–water partition coefficient (Wildman–Crippen LogP) is 2.38. The smallest absolute Gasteiger partial charge is 0.0720 e. The molecule has 0 atom stereocenters. The molecule has 2 heteroatoms. The van der Waals surface area contributed by atoms with Crippen LogP contribution >= 0.6 is 0 Å². The fourth-order valence-electron chi connectivity index (χ4n) is 1.63. The van der Waals surface area contributed by atoms with E-state index in [-0.39, 0.29) is 0 Å². The minimum absolute atomic E-state index is 0.403. The summed E-state index contributed by atoms with van der Waals surface area (Å²) in [5.74, 6) is 0. The summed E-state index contributed by atoms with van der Waals surface area (Å²) in [6, 6.07) is 10.3. The maximum atomic E-state index is 5.72. The van der Waals surface area contributed by atoms with E-state index in [4.69, 9.17) is 9.47 Å². The Morgan fingerprint density at radius 3 is 2.50 bits per heavy atom. The Morgan fingerprint density at radius 2 is 1.86 bits per heavy atom. The summed E-state index contributed by atoms with van der Waals surface area (Å²) in [7, 11) is 1.76. The second-order valence-electron chi connectivity index (χ2n) is 3.75. The molecule has 0 heterocycles. The van der Waals surface area contributed by atoms with Crippen LogP contribution in [0.1, 0.15) is 18.4 Å². The summed E-state index contributed by atoms with van der Waals surface area (Å²) in [5, 5.41) is 0. The molecule has 14 heavy (non-hydrogen) atoms. The molecule has 0 saturated heterocycles. The van der Waals surface area contributed by atoms with Crippen LogP contribution in [0, 0.1) is 0 Å². The maximum absolute atomic E-state index is 5.72. The average molecular weight is 192 g/mol. The molecule has 1 aromatic rings. The molecule has 1 fully saturated rings. The zero-order valence-corrected chi connectivity index (χ0v) is 8.48. The van der Waals surface area contributed by atoms with Gasteiger partial charge < -0.3 is 9.47 Å². The van der Waals surface area contributed by atoms with E-state index in [0.717, 1.165) is 19.4 Å². The Hall–Kier alpha value is -0.860. The molecule has 2 rings (SSSR count). The van der Waals surface area contributed by atoms with Crippen LogP contribution in [-0.2, 0) is 16.1 Å². The molecule has 0 aromatic heterocycles. The van der Waals surface area contributed by atoms with Gasteiger partial charge in [0.25, 0.3) is 0 Å². The highest BCUT2D eigenvalue weighted by atomic mass is 16.5. The van der Waals surface area contributed by atoms with E-state index < -0.39 is 0 Å². The Balaban J connectivity index is 1.69.